The summed E-state index contributed by atoms with van der Waals surface area (Å²) in [5.74, 6) is -0.0707. The monoisotopic (exact) mass is 236 g/mol. The second kappa shape index (κ2) is 5.31. The van der Waals surface area contributed by atoms with Gasteiger partial charge in [0.2, 0.25) is 0 Å². The van der Waals surface area contributed by atoms with E-state index in [9.17, 15) is 4.79 Å². The van der Waals surface area contributed by atoms with Crippen LogP contribution in [0, 0.1) is 6.92 Å². The summed E-state index contributed by atoms with van der Waals surface area (Å²) in [7, 11) is 0. The number of nitrogens with one attached hydrogen (secondary N) is 2. The number of aromatic nitrogens is 2. The van der Waals surface area contributed by atoms with Gasteiger partial charge < -0.3 is 11.1 Å². The van der Waals surface area contributed by atoms with E-state index in [-0.39, 0.29) is 18.0 Å². The SMILES string of the molecule is Cc1[nH]ncc1C(=O)NC1CCCCCC1N. The minimum absolute atomic E-state index is 0.0707. The zero-order chi connectivity index (χ0) is 12.3. The van der Waals surface area contributed by atoms with Crippen molar-refractivity contribution in [2.75, 3.05) is 0 Å². The molecule has 1 fully saturated rings. The van der Waals surface area contributed by atoms with E-state index in [2.05, 4.69) is 15.5 Å². The lowest BCUT2D eigenvalue weighted by atomic mass is 10.0. The van der Waals surface area contributed by atoms with Crippen LogP contribution in [0.4, 0.5) is 0 Å². The fourth-order valence-electron chi connectivity index (χ4n) is 2.34. The maximum Gasteiger partial charge on any atom is 0.255 e. The van der Waals surface area contributed by atoms with Crippen molar-refractivity contribution in [3.05, 3.63) is 17.5 Å². The molecule has 0 aromatic carbocycles. The number of carbonyl (C=O) groups is 1. The summed E-state index contributed by atoms with van der Waals surface area (Å²) in [6, 6.07) is 0.174. The minimum Gasteiger partial charge on any atom is -0.348 e. The number of nitrogens with zero attached hydrogens (tertiary/aromatic N) is 1. The van der Waals surface area contributed by atoms with Gasteiger partial charge in [-0.15, -0.1) is 0 Å². The average molecular weight is 236 g/mol. The van der Waals surface area contributed by atoms with Gasteiger partial charge in [-0.05, 0) is 19.8 Å². The van der Waals surface area contributed by atoms with E-state index >= 15 is 0 Å². The van der Waals surface area contributed by atoms with Crippen LogP contribution >= 0.6 is 0 Å². The molecule has 1 amide bonds. The number of amides is 1. The molecule has 1 aliphatic rings. The molecule has 2 unspecified atom stereocenters. The first-order chi connectivity index (χ1) is 8.18. The first-order valence-corrected chi connectivity index (χ1v) is 6.25. The summed E-state index contributed by atoms with van der Waals surface area (Å²) < 4.78 is 0. The molecule has 1 aliphatic carbocycles. The third kappa shape index (κ3) is 2.85. The summed E-state index contributed by atoms with van der Waals surface area (Å²) in [6.45, 7) is 1.84. The number of hydrogen-bond acceptors (Lipinski definition) is 3. The van der Waals surface area contributed by atoms with Gasteiger partial charge in [0.25, 0.3) is 5.91 Å². The number of aryl methyl sites for hydroxylation is 1. The average Bonchev–Trinajstić information content (AvgIpc) is 2.63. The Kier molecular flexibility index (Phi) is 3.78. The number of rotatable bonds is 2. The molecular weight excluding hydrogens is 216 g/mol. The highest BCUT2D eigenvalue weighted by Gasteiger charge is 2.23. The Hall–Kier alpha value is -1.36. The van der Waals surface area contributed by atoms with Crippen LogP contribution in [0.1, 0.15) is 48.2 Å². The van der Waals surface area contributed by atoms with Gasteiger partial charge in [0.05, 0.1) is 11.8 Å². The van der Waals surface area contributed by atoms with Crippen molar-refractivity contribution >= 4 is 5.91 Å². The molecule has 17 heavy (non-hydrogen) atoms. The molecule has 5 nitrogen and oxygen atoms in total. The predicted octanol–water partition coefficient (Wildman–Crippen LogP) is 1.11. The molecule has 1 aromatic heterocycles. The zero-order valence-corrected chi connectivity index (χ0v) is 10.2. The van der Waals surface area contributed by atoms with Gasteiger partial charge in [0.1, 0.15) is 0 Å². The molecule has 1 saturated carbocycles. The van der Waals surface area contributed by atoms with Crippen molar-refractivity contribution in [1.82, 2.24) is 15.5 Å². The summed E-state index contributed by atoms with van der Waals surface area (Å²) in [5.41, 5.74) is 7.49. The van der Waals surface area contributed by atoms with Gasteiger partial charge in [0.15, 0.2) is 0 Å². The highest BCUT2D eigenvalue weighted by molar-refractivity contribution is 5.95. The van der Waals surface area contributed by atoms with Crippen LogP contribution in [0.2, 0.25) is 0 Å². The van der Waals surface area contributed by atoms with Crippen LogP contribution in [0.3, 0.4) is 0 Å². The normalized spacial score (nSPS) is 25.3. The van der Waals surface area contributed by atoms with Crippen LogP contribution in [-0.4, -0.2) is 28.2 Å². The van der Waals surface area contributed by atoms with Crippen molar-refractivity contribution in [3.63, 3.8) is 0 Å². The lowest BCUT2D eigenvalue weighted by Crippen LogP contribution is -2.47. The Morgan fingerprint density at radius 2 is 2.24 bits per heavy atom. The van der Waals surface area contributed by atoms with Crippen molar-refractivity contribution < 1.29 is 4.79 Å². The van der Waals surface area contributed by atoms with Gasteiger partial charge in [-0.2, -0.15) is 5.10 Å². The molecule has 1 aromatic rings. The first-order valence-electron chi connectivity index (χ1n) is 6.25. The highest BCUT2D eigenvalue weighted by atomic mass is 16.1. The Morgan fingerprint density at radius 3 is 2.94 bits per heavy atom. The minimum atomic E-state index is -0.0707. The van der Waals surface area contributed by atoms with Crippen LogP contribution in [0.15, 0.2) is 6.20 Å². The summed E-state index contributed by atoms with van der Waals surface area (Å²) in [6.07, 6.45) is 7.05. The summed E-state index contributed by atoms with van der Waals surface area (Å²) in [5, 5.41) is 9.65. The smallest absolute Gasteiger partial charge is 0.255 e. The van der Waals surface area contributed by atoms with Gasteiger partial charge >= 0.3 is 0 Å². The van der Waals surface area contributed by atoms with Gasteiger partial charge in [-0.3, -0.25) is 9.89 Å². The first kappa shape index (κ1) is 12.1. The molecule has 5 heteroatoms. The lowest BCUT2D eigenvalue weighted by Gasteiger charge is -2.22. The molecule has 0 bridgehead atoms. The molecule has 0 spiro atoms. The van der Waals surface area contributed by atoms with Crippen LogP contribution < -0.4 is 11.1 Å². The van der Waals surface area contributed by atoms with Gasteiger partial charge in [-0.25, -0.2) is 0 Å². The zero-order valence-electron chi connectivity index (χ0n) is 10.2. The Balaban J connectivity index is 2.00. The fraction of sp³-hybridized carbons (Fsp3) is 0.667. The Morgan fingerprint density at radius 1 is 1.47 bits per heavy atom. The summed E-state index contributed by atoms with van der Waals surface area (Å²) in [4.78, 5) is 12.0. The number of hydrogen-bond donors (Lipinski definition) is 3. The molecule has 1 heterocycles. The third-order valence-electron chi connectivity index (χ3n) is 3.46. The second-order valence-electron chi connectivity index (χ2n) is 4.79. The number of carbonyl (C=O) groups excluding carboxylic acids is 1. The number of nitrogens with two attached hydrogens (primary N) is 1. The van der Waals surface area contributed by atoms with Crippen LogP contribution in [0.25, 0.3) is 0 Å². The Bertz CT molecular complexity index is 388. The van der Waals surface area contributed by atoms with E-state index in [1.54, 1.807) is 6.20 Å². The van der Waals surface area contributed by atoms with Crippen LogP contribution in [-0.2, 0) is 0 Å². The van der Waals surface area contributed by atoms with E-state index in [1.165, 1.54) is 6.42 Å². The van der Waals surface area contributed by atoms with Crippen LogP contribution in [0.5, 0.6) is 0 Å². The quantitative estimate of drug-likeness (QED) is 0.672. The second-order valence-corrected chi connectivity index (χ2v) is 4.79. The molecule has 94 valence electrons. The van der Waals surface area contributed by atoms with E-state index < -0.39 is 0 Å². The van der Waals surface area contributed by atoms with Crippen molar-refractivity contribution in [2.24, 2.45) is 5.73 Å². The molecular formula is C12H20N4O. The van der Waals surface area contributed by atoms with Gasteiger partial charge in [-0.1, -0.05) is 19.3 Å². The summed E-state index contributed by atoms with van der Waals surface area (Å²) >= 11 is 0. The standard InChI is InChI=1S/C12H20N4O/c1-8-9(7-14-16-8)12(17)15-11-6-4-2-3-5-10(11)13/h7,10-11H,2-6,13H2,1H3,(H,14,16)(H,15,17). The highest BCUT2D eigenvalue weighted by Crippen LogP contribution is 2.17. The Labute approximate surface area is 101 Å². The molecule has 2 rings (SSSR count). The van der Waals surface area contributed by atoms with Crippen molar-refractivity contribution in [1.29, 1.82) is 0 Å². The number of H-pyrrole nitrogens is 1. The largest absolute Gasteiger partial charge is 0.348 e. The fourth-order valence-corrected chi connectivity index (χ4v) is 2.34. The van der Waals surface area contributed by atoms with E-state index in [1.807, 2.05) is 6.92 Å². The predicted molar refractivity (Wildman–Crippen MR) is 65.6 cm³/mol. The lowest BCUT2D eigenvalue weighted by molar-refractivity contribution is 0.0928. The third-order valence-corrected chi connectivity index (χ3v) is 3.46. The maximum absolute atomic E-state index is 12.0. The molecule has 2 atom stereocenters. The molecule has 0 saturated heterocycles. The van der Waals surface area contributed by atoms with Crippen molar-refractivity contribution in [3.8, 4) is 0 Å². The molecule has 0 radical (unpaired) electrons. The topological polar surface area (TPSA) is 83.8 Å². The molecule has 0 aliphatic heterocycles. The maximum atomic E-state index is 12.0. The van der Waals surface area contributed by atoms with E-state index in [0.29, 0.717) is 5.56 Å². The van der Waals surface area contributed by atoms with Crippen molar-refractivity contribution in [2.45, 2.75) is 51.1 Å². The number of aromatic amines is 1. The molecule has 4 N–H and O–H groups in total. The van der Waals surface area contributed by atoms with E-state index in [4.69, 9.17) is 5.73 Å². The van der Waals surface area contributed by atoms with E-state index in [0.717, 1.165) is 31.4 Å². The van der Waals surface area contributed by atoms with Gasteiger partial charge in [0, 0.05) is 17.8 Å².